The highest BCUT2D eigenvalue weighted by molar-refractivity contribution is 5.78. The number of morpholine rings is 1. The Balaban J connectivity index is 2.14. The van der Waals surface area contributed by atoms with Gasteiger partial charge >= 0.3 is 12.4 Å². The molecule has 0 bridgehead atoms. The highest BCUT2D eigenvalue weighted by Crippen LogP contribution is 2.38. The van der Waals surface area contributed by atoms with Gasteiger partial charge < -0.3 is 14.4 Å². The van der Waals surface area contributed by atoms with Gasteiger partial charge in [0, 0.05) is 13.1 Å². The Morgan fingerprint density at radius 2 is 1.65 bits per heavy atom. The van der Waals surface area contributed by atoms with Gasteiger partial charge in [0.2, 0.25) is 0 Å². The lowest BCUT2D eigenvalue weighted by atomic mass is 10.1. The SMILES string of the molecule is CC1(C)CN(C(=O)COc2cc(C(F)(F)F)cc(C(F)(F)F)c2)CCO1. The minimum Gasteiger partial charge on any atom is -0.484 e. The molecular weight excluding hydrogens is 368 g/mol. The monoisotopic (exact) mass is 385 g/mol. The number of nitrogens with zero attached hydrogens (tertiary/aromatic N) is 1. The summed E-state index contributed by atoms with van der Waals surface area (Å²) in [6.07, 6.45) is -9.95. The molecule has 1 aromatic rings. The van der Waals surface area contributed by atoms with E-state index in [9.17, 15) is 31.1 Å². The van der Waals surface area contributed by atoms with Crippen LogP contribution < -0.4 is 4.74 Å². The summed E-state index contributed by atoms with van der Waals surface area (Å²) in [5, 5.41) is 0. The zero-order valence-electron chi connectivity index (χ0n) is 14.0. The Kier molecular flexibility index (Phi) is 5.46. The van der Waals surface area contributed by atoms with Gasteiger partial charge in [-0.15, -0.1) is 0 Å². The molecule has 4 nitrogen and oxygen atoms in total. The third kappa shape index (κ3) is 5.26. The summed E-state index contributed by atoms with van der Waals surface area (Å²) in [5.74, 6) is -1.22. The van der Waals surface area contributed by atoms with Gasteiger partial charge in [0.1, 0.15) is 5.75 Å². The summed E-state index contributed by atoms with van der Waals surface area (Å²) in [6.45, 7) is 3.63. The first-order valence-corrected chi connectivity index (χ1v) is 7.62. The first kappa shape index (κ1) is 20.3. The molecule has 1 aliphatic heterocycles. The molecule has 0 unspecified atom stereocenters. The largest absolute Gasteiger partial charge is 0.484 e. The van der Waals surface area contributed by atoms with Crippen molar-refractivity contribution >= 4 is 5.91 Å². The van der Waals surface area contributed by atoms with Crippen LogP contribution in [0.3, 0.4) is 0 Å². The molecule has 1 amide bonds. The lowest BCUT2D eigenvalue weighted by Crippen LogP contribution is -2.51. The third-order valence-electron chi connectivity index (χ3n) is 3.70. The molecule has 1 heterocycles. The molecule has 146 valence electrons. The highest BCUT2D eigenvalue weighted by Gasteiger charge is 2.37. The van der Waals surface area contributed by atoms with Gasteiger partial charge in [-0.1, -0.05) is 0 Å². The number of carbonyl (C=O) groups is 1. The van der Waals surface area contributed by atoms with Crippen LogP contribution in [0.15, 0.2) is 18.2 Å². The second-order valence-corrected chi connectivity index (χ2v) is 6.45. The number of rotatable bonds is 3. The van der Waals surface area contributed by atoms with E-state index >= 15 is 0 Å². The van der Waals surface area contributed by atoms with Crippen molar-refractivity contribution in [3.05, 3.63) is 29.3 Å². The van der Waals surface area contributed by atoms with E-state index in [1.807, 2.05) is 0 Å². The zero-order chi connectivity index (χ0) is 19.8. The number of hydrogen-bond acceptors (Lipinski definition) is 3. The van der Waals surface area contributed by atoms with Crippen LogP contribution in [0, 0.1) is 0 Å². The van der Waals surface area contributed by atoms with Crippen LogP contribution in [-0.4, -0.2) is 42.7 Å². The van der Waals surface area contributed by atoms with E-state index < -0.39 is 47.3 Å². The van der Waals surface area contributed by atoms with Crippen LogP contribution in [0.25, 0.3) is 0 Å². The van der Waals surface area contributed by atoms with E-state index in [4.69, 9.17) is 9.47 Å². The smallest absolute Gasteiger partial charge is 0.416 e. The molecule has 10 heteroatoms. The van der Waals surface area contributed by atoms with Crippen LogP contribution in [0.1, 0.15) is 25.0 Å². The van der Waals surface area contributed by atoms with Crippen molar-refractivity contribution in [2.75, 3.05) is 26.3 Å². The van der Waals surface area contributed by atoms with Gasteiger partial charge in [-0.2, -0.15) is 26.3 Å². The number of benzene rings is 1. The van der Waals surface area contributed by atoms with Crippen LogP contribution in [-0.2, 0) is 21.9 Å². The average molecular weight is 385 g/mol. The Bertz CT molecular complexity index is 637. The maximum atomic E-state index is 12.8. The zero-order valence-corrected chi connectivity index (χ0v) is 14.0. The lowest BCUT2D eigenvalue weighted by Gasteiger charge is -2.38. The van der Waals surface area contributed by atoms with Crippen molar-refractivity contribution in [1.82, 2.24) is 4.90 Å². The molecule has 1 aromatic carbocycles. The van der Waals surface area contributed by atoms with Gasteiger partial charge in [-0.25, -0.2) is 0 Å². The minimum absolute atomic E-state index is 0.000818. The Labute approximate surface area is 145 Å². The number of amides is 1. The molecule has 0 spiro atoms. The van der Waals surface area contributed by atoms with Gasteiger partial charge in [-0.3, -0.25) is 4.79 Å². The summed E-state index contributed by atoms with van der Waals surface area (Å²) in [5.41, 5.74) is -3.59. The number of ether oxygens (including phenoxy) is 2. The maximum Gasteiger partial charge on any atom is 0.416 e. The quantitative estimate of drug-likeness (QED) is 0.745. The van der Waals surface area contributed by atoms with Gasteiger partial charge in [0.15, 0.2) is 6.61 Å². The molecule has 0 saturated carbocycles. The third-order valence-corrected chi connectivity index (χ3v) is 3.70. The highest BCUT2D eigenvalue weighted by atomic mass is 19.4. The molecule has 26 heavy (non-hydrogen) atoms. The second-order valence-electron chi connectivity index (χ2n) is 6.45. The molecule has 0 atom stereocenters. The summed E-state index contributed by atoms with van der Waals surface area (Å²) in [4.78, 5) is 13.5. The first-order valence-electron chi connectivity index (χ1n) is 7.62. The standard InChI is InChI=1S/C16H17F6NO3/c1-14(2)9-23(3-4-26-14)13(24)8-25-12-6-10(15(17,18)19)5-11(7-12)16(20,21)22/h5-7H,3-4,8-9H2,1-2H3. The summed E-state index contributed by atoms with van der Waals surface area (Å²) in [6, 6.07) is 0.872. The number of halogens is 6. The van der Waals surface area contributed by atoms with E-state index in [0.717, 1.165) is 0 Å². The van der Waals surface area contributed by atoms with E-state index in [2.05, 4.69) is 0 Å². The molecule has 1 aliphatic rings. The van der Waals surface area contributed by atoms with Crippen molar-refractivity contribution < 1.29 is 40.6 Å². The fourth-order valence-electron chi connectivity index (χ4n) is 2.48. The predicted molar refractivity (Wildman–Crippen MR) is 78.6 cm³/mol. The number of carbonyl (C=O) groups excluding carboxylic acids is 1. The average Bonchev–Trinajstić information content (AvgIpc) is 2.49. The molecular formula is C16H17F6NO3. The van der Waals surface area contributed by atoms with E-state index in [0.29, 0.717) is 12.1 Å². The Morgan fingerprint density at radius 3 is 2.12 bits per heavy atom. The van der Waals surface area contributed by atoms with Crippen molar-refractivity contribution in [1.29, 1.82) is 0 Å². The minimum atomic E-state index is -4.97. The topological polar surface area (TPSA) is 38.8 Å². The number of alkyl halides is 6. The van der Waals surface area contributed by atoms with Crippen LogP contribution in [0.2, 0.25) is 0 Å². The maximum absolute atomic E-state index is 12.8. The first-order chi connectivity index (χ1) is 11.8. The molecule has 1 fully saturated rings. The van der Waals surface area contributed by atoms with Crippen LogP contribution >= 0.6 is 0 Å². The van der Waals surface area contributed by atoms with E-state index in [1.165, 1.54) is 4.90 Å². The van der Waals surface area contributed by atoms with Crippen molar-refractivity contribution in [2.45, 2.75) is 31.8 Å². The summed E-state index contributed by atoms with van der Waals surface area (Å²) >= 11 is 0. The van der Waals surface area contributed by atoms with Crippen molar-refractivity contribution in [3.63, 3.8) is 0 Å². The molecule has 0 aliphatic carbocycles. The second kappa shape index (κ2) is 6.98. The van der Waals surface area contributed by atoms with Gasteiger partial charge in [0.25, 0.3) is 5.91 Å². The fraction of sp³-hybridized carbons (Fsp3) is 0.562. The summed E-state index contributed by atoms with van der Waals surface area (Å²) in [7, 11) is 0. The predicted octanol–water partition coefficient (Wildman–Crippen LogP) is 3.74. The van der Waals surface area contributed by atoms with E-state index in [1.54, 1.807) is 13.8 Å². The molecule has 0 aromatic heterocycles. The Hall–Kier alpha value is -1.97. The summed E-state index contributed by atoms with van der Waals surface area (Å²) < 4.78 is 87.2. The van der Waals surface area contributed by atoms with Gasteiger partial charge in [-0.05, 0) is 32.0 Å². The fourth-order valence-corrected chi connectivity index (χ4v) is 2.48. The molecule has 2 rings (SSSR count). The molecule has 0 N–H and O–H groups in total. The van der Waals surface area contributed by atoms with Gasteiger partial charge in [0.05, 0.1) is 23.3 Å². The van der Waals surface area contributed by atoms with Crippen molar-refractivity contribution in [2.24, 2.45) is 0 Å². The lowest BCUT2D eigenvalue weighted by molar-refractivity contribution is -0.147. The molecule has 0 radical (unpaired) electrons. The van der Waals surface area contributed by atoms with Crippen LogP contribution in [0.4, 0.5) is 26.3 Å². The van der Waals surface area contributed by atoms with Crippen LogP contribution in [0.5, 0.6) is 5.75 Å². The van der Waals surface area contributed by atoms with E-state index in [-0.39, 0.29) is 25.8 Å². The molecule has 1 saturated heterocycles. The number of hydrogen-bond donors (Lipinski definition) is 0. The van der Waals surface area contributed by atoms with Crippen molar-refractivity contribution in [3.8, 4) is 5.75 Å². The Morgan fingerprint density at radius 1 is 1.12 bits per heavy atom. The normalized spacial score (nSPS) is 17.9.